The van der Waals surface area contributed by atoms with Crippen LogP contribution < -0.4 is 9.64 Å². The van der Waals surface area contributed by atoms with Crippen LogP contribution in [0.1, 0.15) is 10.4 Å². The normalized spacial score (nSPS) is 14.0. The van der Waals surface area contributed by atoms with Gasteiger partial charge in [0.15, 0.2) is 0 Å². The Hall–Kier alpha value is -3.48. The van der Waals surface area contributed by atoms with Gasteiger partial charge in [-0.15, -0.1) is 0 Å². The minimum atomic E-state index is -0.401. The Morgan fingerprint density at radius 2 is 1.76 bits per heavy atom. The van der Waals surface area contributed by atoms with E-state index in [4.69, 9.17) is 4.74 Å². The van der Waals surface area contributed by atoms with Crippen LogP contribution in [0.5, 0.6) is 5.75 Å². The number of piperazine rings is 1. The maximum atomic E-state index is 13.4. The van der Waals surface area contributed by atoms with Gasteiger partial charge in [0, 0.05) is 43.4 Å². The van der Waals surface area contributed by atoms with E-state index in [-0.39, 0.29) is 5.91 Å². The van der Waals surface area contributed by atoms with Crippen LogP contribution in [0.3, 0.4) is 0 Å². The van der Waals surface area contributed by atoms with Gasteiger partial charge >= 0.3 is 0 Å². The number of halogens is 1. The van der Waals surface area contributed by atoms with Gasteiger partial charge in [-0.3, -0.25) is 4.79 Å². The molecule has 4 rings (SSSR count). The second-order valence-corrected chi connectivity index (χ2v) is 6.78. The highest BCUT2D eigenvalue weighted by atomic mass is 19.1. The molecule has 1 amide bonds. The van der Waals surface area contributed by atoms with Crippen LogP contribution in [0.25, 0.3) is 11.3 Å². The molecule has 0 saturated carbocycles. The Bertz CT molecular complexity index is 1000. The van der Waals surface area contributed by atoms with Crippen LogP contribution in [0, 0.1) is 5.82 Å². The zero-order valence-electron chi connectivity index (χ0n) is 16.1. The molecule has 1 aliphatic heterocycles. The number of aromatic nitrogens is 2. The monoisotopic (exact) mass is 392 g/mol. The molecule has 1 aromatic heterocycles. The van der Waals surface area contributed by atoms with Gasteiger partial charge < -0.3 is 14.5 Å². The number of benzene rings is 2. The molecule has 0 radical (unpaired) electrons. The van der Waals surface area contributed by atoms with E-state index in [2.05, 4.69) is 14.9 Å². The van der Waals surface area contributed by atoms with Crippen LogP contribution in [-0.4, -0.2) is 54.1 Å². The number of hydrogen-bond donors (Lipinski definition) is 0. The molecule has 29 heavy (non-hydrogen) atoms. The lowest BCUT2D eigenvalue weighted by molar-refractivity contribution is 0.0746. The van der Waals surface area contributed by atoms with E-state index in [1.165, 1.54) is 12.1 Å². The van der Waals surface area contributed by atoms with E-state index < -0.39 is 5.82 Å². The first-order valence-electron chi connectivity index (χ1n) is 9.40. The largest absolute Gasteiger partial charge is 0.497 e. The summed E-state index contributed by atoms with van der Waals surface area (Å²) < 4.78 is 18.6. The van der Waals surface area contributed by atoms with Gasteiger partial charge in [-0.05, 0) is 42.5 Å². The molecule has 0 atom stereocenters. The van der Waals surface area contributed by atoms with Crippen molar-refractivity contribution >= 4 is 11.7 Å². The molecule has 2 aromatic carbocycles. The average Bonchev–Trinajstić information content (AvgIpc) is 2.79. The summed E-state index contributed by atoms with van der Waals surface area (Å²) in [6.07, 6.45) is 1.55. The first-order chi connectivity index (χ1) is 14.1. The number of ether oxygens (including phenoxy) is 1. The zero-order valence-corrected chi connectivity index (χ0v) is 16.1. The molecule has 148 valence electrons. The molecule has 1 saturated heterocycles. The molecule has 0 unspecified atom stereocenters. The fraction of sp³-hybridized carbons (Fsp3) is 0.227. The molecule has 1 fully saturated rings. The van der Waals surface area contributed by atoms with Crippen molar-refractivity contribution in [2.75, 3.05) is 38.2 Å². The van der Waals surface area contributed by atoms with Gasteiger partial charge in [0.1, 0.15) is 23.7 Å². The first-order valence-corrected chi connectivity index (χ1v) is 9.40. The van der Waals surface area contributed by atoms with E-state index in [0.717, 1.165) is 22.8 Å². The molecule has 2 heterocycles. The number of methoxy groups -OCH3 is 1. The predicted molar refractivity (Wildman–Crippen MR) is 109 cm³/mol. The average molecular weight is 392 g/mol. The van der Waals surface area contributed by atoms with Crippen molar-refractivity contribution in [1.82, 2.24) is 14.9 Å². The van der Waals surface area contributed by atoms with Crippen molar-refractivity contribution in [2.24, 2.45) is 0 Å². The Morgan fingerprint density at radius 1 is 1.00 bits per heavy atom. The van der Waals surface area contributed by atoms with Gasteiger partial charge in [-0.25, -0.2) is 14.4 Å². The highest BCUT2D eigenvalue weighted by Gasteiger charge is 2.23. The van der Waals surface area contributed by atoms with Gasteiger partial charge in [-0.2, -0.15) is 0 Å². The van der Waals surface area contributed by atoms with Crippen molar-refractivity contribution in [1.29, 1.82) is 0 Å². The SMILES string of the molecule is COc1ccc(-c2cc(N3CCN(C(=O)c4cccc(F)c4)CC3)ncn2)cc1. The molecular weight excluding hydrogens is 371 g/mol. The summed E-state index contributed by atoms with van der Waals surface area (Å²) in [6.45, 7) is 2.41. The summed E-state index contributed by atoms with van der Waals surface area (Å²) in [5.74, 6) is 1.07. The molecule has 0 N–H and O–H groups in total. The third kappa shape index (κ3) is 4.18. The molecule has 0 bridgehead atoms. The number of nitrogens with zero attached hydrogens (tertiary/aromatic N) is 4. The van der Waals surface area contributed by atoms with Gasteiger partial charge in [0.25, 0.3) is 5.91 Å². The summed E-state index contributed by atoms with van der Waals surface area (Å²) in [5, 5.41) is 0. The number of carbonyl (C=O) groups is 1. The molecule has 3 aromatic rings. The highest BCUT2D eigenvalue weighted by molar-refractivity contribution is 5.94. The Balaban J connectivity index is 1.44. The third-order valence-corrected chi connectivity index (χ3v) is 5.00. The smallest absolute Gasteiger partial charge is 0.254 e. The minimum Gasteiger partial charge on any atom is -0.497 e. The molecule has 7 heteroatoms. The van der Waals surface area contributed by atoms with E-state index in [9.17, 15) is 9.18 Å². The lowest BCUT2D eigenvalue weighted by Gasteiger charge is -2.35. The van der Waals surface area contributed by atoms with E-state index in [1.807, 2.05) is 30.3 Å². The Kier molecular flexibility index (Phi) is 5.37. The van der Waals surface area contributed by atoms with Crippen LogP contribution in [0.15, 0.2) is 60.9 Å². The summed E-state index contributed by atoms with van der Waals surface area (Å²) in [4.78, 5) is 25.2. The standard InChI is InChI=1S/C22H21FN4O2/c1-29-19-7-5-16(6-8-19)20-14-21(25-15-24-20)26-9-11-27(12-10-26)22(28)17-3-2-4-18(23)13-17/h2-8,13-15H,9-12H2,1H3. The van der Waals surface area contributed by atoms with Crippen LogP contribution >= 0.6 is 0 Å². The van der Waals surface area contributed by atoms with Crippen LogP contribution in [0.4, 0.5) is 10.2 Å². The van der Waals surface area contributed by atoms with Gasteiger partial charge in [-0.1, -0.05) is 6.07 Å². The Morgan fingerprint density at radius 3 is 2.45 bits per heavy atom. The van der Waals surface area contributed by atoms with Crippen LogP contribution in [0.2, 0.25) is 0 Å². The second kappa shape index (κ2) is 8.26. The quantitative estimate of drug-likeness (QED) is 0.682. The lowest BCUT2D eigenvalue weighted by Crippen LogP contribution is -2.49. The fourth-order valence-electron chi connectivity index (χ4n) is 3.38. The topological polar surface area (TPSA) is 58.6 Å². The number of amides is 1. The summed E-state index contributed by atoms with van der Waals surface area (Å²) in [7, 11) is 1.64. The van der Waals surface area contributed by atoms with Gasteiger partial charge in [0.05, 0.1) is 12.8 Å². The number of hydrogen-bond acceptors (Lipinski definition) is 5. The highest BCUT2D eigenvalue weighted by Crippen LogP contribution is 2.24. The zero-order chi connectivity index (χ0) is 20.2. The second-order valence-electron chi connectivity index (χ2n) is 6.78. The molecule has 0 aliphatic carbocycles. The van der Waals surface area contributed by atoms with E-state index in [0.29, 0.717) is 31.7 Å². The number of carbonyl (C=O) groups excluding carboxylic acids is 1. The van der Waals surface area contributed by atoms with Crippen molar-refractivity contribution < 1.29 is 13.9 Å². The maximum Gasteiger partial charge on any atom is 0.254 e. The van der Waals surface area contributed by atoms with E-state index >= 15 is 0 Å². The van der Waals surface area contributed by atoms with E-state index in [1.54, 1.807) is 30.5 Å². The van der Waals surface area contributed by atoms with Crippen molar-refractivity contribution in [3.63, 3.8) is 0 Å². The third-order valence-electron chi connectivity index (χ3n) is 5.00. The Labute approximate surface area is 168 Å². The summed E-state index contributed by atoms with van der Waals surface area (Å²) in [6, 6.07) is 15.5. The molecular formula is C22H21FN4O2. The summed E-state index contributed by atoms with van der Waals surface area (Å²) in [5.41, 5.74) is 2.19. The van der Waals surface area contributed by atoms with Crippen molar-refractivity contribution in [2.45, 2.75) is 0 Å². The molecule has 0 spiro atoms. The van der Waals surface area contributed by atoms with Gasteiger partial charge in [0.2, 0.25) is 0 Å². The molecule has 1 aliphatic rings. The predicted octanol–water partition coefficient (Wildman–Crippen LogP) is 3.25. The van der Waals surface area contributed by atoms with Crippen LogP contribution in [-0.2, 0) is 0 Å². The summed E-state index contributed by atoms with van der Waals surface area (Å²) >= 11 is 0. The molecule has 6 nitrogen and oxygen atoms in total. The first kappa shape index (κ1) is 18.9. The lowest BCUT2D eigenvalue weighted by atomic mass is 10.1. The number of rotatable bonds is 4. The van der Waals surface area contributed by atoms with Crippen molar-refractivity contribution in [3.8, 4) is 17.0 Å². The maximum absolute atomic E-state index is 13.4. The number of anilines is 1. The minimum absolute atomic E-state index is 0.147. The van der Waals surface area contributed by atoms with Crippen molar-refractivity contribution in [3.05, 3.63) is 72.3 Å². The fourth-order valence-corrected chi connectivity index (χ4v) is 3.38.